The Bertz CT molecular complexity index is 741. The number of carbonyl (C=O) groups excluding carboxylic acids is 2. The first-order valence-electron chi connectivity index (χ1n) is 14.3. The van der Waals surface area contributed by atoms with Crippen molar-refractivity contribution in [2.24, 2.45) is 10.9 Å². The average molecular weight is 502 g/mol. The number of unbranched alkanes of at least 4 members (excludes halogenated alkanes) is 9. The van der Waals surface area contributed by atoms with Gasteiger partial charge in [0, 0.05) is 6.21 Å². The summed E-state index contributed by atoms with van der Waals surface area (Å²) in [5.74, 6) is -0.224. The highest BCUT2D eigenvalue weighted by atomic mass is 16.5. The molecule has 0 aliphatic heterocycles. The van der Waals surface area contributed by atoms with Crippen LogP contribution in [0.1, 0.15) is 122 Å². The molecule has 0 spiro atoms. The lowest BCUT2D eigenvalue weighted by molar-refractivity contribution is -0.151. The van der Waals surface area contributed by atoms with E-state index in [1.54, 1.807) is 13.1 Å². The number of hydrogen-bond donors (Lipinski definition) is 0. The van der Waals surface area contributed by atoms with Crippen molar-refractivity contribution < 1.29 is 19.1 Å². The second-order valence-electron chi connectivity index (χ2n) is 10.3. The van der Waals surface area contributed by atoms with Gasteiger partial charge in [-0.1, -0.05) is 110 Å². The minimum atomic E-state index is -0.849. The first-order valence-corrected chi connectivity index (χ1v) is 14.3. The highest BCUT2D eigenvalue weighted by molar-refractivity contribution is 5.84. The van der Waals surface area contributed by atoms with Crippen LogP contribution in [0.25, 0.3) is 0 Å². The van der Waals surface area contributed by atoms with Crippen LogP contribution < -0.4 is 0 Å². The van der Waals surface area contributed by atoms with Gasteiger partial charge in [0.1, 0.15) is 0 Å². The summed E-state index contributed by atoms with van der Waals surface area (Å²) in [5.41, 5.74) is 2.54. The molecule has 0 heterocycles. The number of aliphatic imine (C=N–C) groups is 1. The zero-order chi connectivity index (χ0) is 26.6. The fraction of sp³-hybridized carbons (Fsp3) is 0.710. The second-order valence-corrected chi connectivity index (χ2v) is 10.3. The van der Waals surface area contributed by atoms with Gasteiger partial charge in [-0.2, -0.15) is 0 Å². The summed E-state index contributed by atoms with van der Waals surface area (Å²) in [4.78, 5) is 29.2. The quantitative estimate of drug-likeness (QED) is 0.104. The minimum absolute atomic E-state index is 0.0863. The molecule has 0 saturated carbocycles. The van der Waals surface area contributed by atoms with E-state index in [0.717, 1.165) is 19.3 Å². The van der Waals surface area contributed by atoms with Crippen LogP contribution in [0.5, 0.6) is 0 Å². The van der Waals surface area contributed by atoms with Crippen LogP contribution >= 0.6 is 0 Å². The SMILES string of the molecule is CCCCCCCCCCCCOC(=O)C(CC(=O)OCC)N=CC(C)Cc1ccc(C(C)C)cc1. The summed E-state index contributed by atoms with van der Waals surface area (Å²) in [6.45, 7) is 11.1. The maximum Gasteiger partial charge on any atom is 0.331 e. The van der Waals surface area contributed by atoms with Crippen molar-refractivity contribution in [1.82, 2.24) is 0 Å². The first kappa shape index (κ1) is 31.9. The molecule has 0 aliphatic rings. The van der Waals surface area contributed by atoms with E-state index in [0.29, 0.717) is 12.5 Å². The molecule has 5 nitrogen and oxygen atoms in total. The summed E-state index contributed by atoms with van der Waals surface area (Å²) >= 11 is 0. The molecule has 0 aromatic heterocycles. The number of benzene rings is 1. The lowest BCUT2D eigenvalue weighted by Crippen LogP contribution is -2.26. The summed E-state index contributed by atoms with van der Waals surface area (Å²) in [7, 11) is 0. The van der Waals surface area contributed by atoms with E-state index in [1.807, 2.05) is 0 Å². The molecule has 1 rings (SSSR count). The Morgan fingerprint density at radius 1 is 0.833 bits per heavy atom. The smallest absolute Gasteiger partial charge is 0.331 e. The summed E-state index contributed by atoms with van der Waals surface area (Å²) in [6, 6.07) is 7.78. The van der Waals surface area contributed by atoms with Crippen LogP contribution in [0.15, 0.2) is 29.3 Å². The molecule has 0 saturated heterocycles. The second kappa shape index (κ2) is 20.0. The van der Waals surface area contributed by atoms with Gasteiger partial charge in [-0.25, -0.2) is 4.79 Å². The van der Waals surface area contributed by atoms with E-state index in [4.69, 9.17) is 9.47 Å². The molecular formula is C31H51NO4. The van der Waals surface area contributed by atoms with Crippen LogP contribution in [-0.4, -0.2) is 37.4 Å². The van der Waals surface area contributed by atoms with Crippen molar-refractivity contribution in [3.63, 3.8) is 0 Å². The molecule has 0 aliphatic carbocycles. The number of esters is 2. The van der Waals surface area contributed by atoms with E-state index in [-0.39, 0.29) is 18.9 Å². The maximum atomic E-state index is 12.7. The number of rotatable bonds is 20. The third-order valence-corrected chi connectivity index (χ3v) is 6.40. The van der Waals surface area contributed by atoms with Crippen LogP contribution in [0.3, 0.4) is 0 Å². The van der Waals surface area contributed by atoms with E-state index in [9.17, 15) is 9.59 Å². The van der Waals surface area contributed by atoms with Crippen molar-refractivity contribution in [1.29, 1.82) is 0 Å². The monoisotopic (exact) mass is 501 g/mol. The molecule has 0 N–H and O–H groups in total. The topological polar surface area (TPSA) is 65.0 Å². The molecule has 36 heavy (non-hydrogen) atoms. The van der Waals surface area contributed by atoms with Gasteiger partial charge in [0.25, 0.3) is 0 Å². The van der Waals surface area contributed by atoms with Crippen LogP contribution in [-0.2, 0) is 25.5 Å². The van der Waals surface area contributed by atoms with Gasteiger partial charge in [0.2, 0.25) is 0 Å². The van der Waals surface area contributed by atoms with Crippen LogP contribution in [0.2, 0.25) is 0 Å². The zero-order valence-corrected chi connectivity index (χ0v) is 23.6. The average Bonchev–Trinajstić information content (AvgIpc) is 2.85. The highest BCUT2D eigenvalue weighted by Gasteiger charge is 2.23. The molecule has 2 unspecified atom stereocenters. The van der Waals surface area contributed by atoms with Crippen LogP contribution in [0.4, 0.5) is 0 Å². The largest absolute Gasteiger partial charge is 0.466 e. The lowest BCUT2D eigenvalue weighted by Gasteiger charge is -2.13. The standard InChI is InChI=1S/C31H51NO4/c1-6-8-9-10-11-12-13-14-15-16-21-36-31(34)29(23-30(33)35-7-2)32-24-26(5)22-27-17-19-28(20-18-27)25(3)4/h17-20,24-26,29H,6-16,21-23H2,1-5H3. The van der Waals surface area contributed by atoms with Crippen LogP contribution in [0, 0.1) is 5.92 Å². The number of carbonyl (C=O) groups is 2. The normalized spacial score (nSPS) is 13.2. The third-order valence-electron chi connectivity index (χ3n) is 6.40. The van der Waals surface area contributed by atoms with Crippen molar-refractivity contribution in [3.05, 3.63) is 35.4 Å². The van der Waals surface area contributed by atoms with Gasteiger partial charge in [0.15, 0.2) is 6.04 Å². The van der Waals surface area contributed by atoms with Crippen molar-refractivity contribution in [2.45, 2.75) is 124 Å². The van der Waals surface area contributed by atoms with Gasteiger partial charge in [-0.3, -0.25) is 9.79 Å². The molecule has 1 aromatic rings. The van der Waals surface area contributed by atoms with Gasteiger partial charge >= 0.3 is 11.9 Å². The summed E-state index contributed by atoms with van der Waals surface area (Å²) in [5, 5.41) is 0. The van der Waals surface area contributed by atoms with Crippen molar-refractivity contribution >= 4 is 18.2 Å². The summed E-state index contributed by atoms with van der Waals surface area (Å²) < 4.78 is 10.5. The van der Waals surface area contributed by atoms with Gasteiger partial charge in [0.05, 0.1) is 19.6 Å². The minimum Gasteiger partial charge on any atom is -0.466 e. The van der Waals surface area contributed by atoms with Crippen molar-refractivity contribution in [3.8, 4) is 0 Å². The van der Waals surface area contributed by atoms with E-state index in [1.165, 1.54) is 62.5 Å². The molecule has 2 atom stereocenters. The fourth-order valence-corrected chi connectivity index (χ4v) is 4.15. The van der Waals surface area contributed by atoms with E-state index < -0.39 is 18.0 Å². The molecule has 0 fully saturated rings. The van der Waals surface area contributed by atoms with Gasteiger partial charge in [-0.15, -0.1) is 0 Å². The molecule has 0 bridgehead atoms. The molecule has 0 radical (unpaired) electrons. The number of nitrogens with zero attached hydrogens (tertiary/aromatic N) is 1. The maximum absolute atomic E-state index is 12.7. The van der Waals surface area contributed by atoms with E-state index in [2.05, 4.69) is 57.0 Å². The van der Waals surface area contributed by atoms with Gasteiger partial charge in [-0.05, 0) is 42.7 Å². The molecule has 0 amide bonds. The van der Waals surface area contributed by atoms with E-state index >= 15 is 0 Å². The highest BCUT2D eigenvalue weighted by Crippen LogP contribution is 2.17. The Morgan fingerprint density at radius 3 is 1.97 bits per heavy atom. The lowest BCUT2D eigenvalue weighted by atomic mass is 9.97. The Morgan fingerprint density at radius 2 is 1.42 bits per heavy atom. The Hall–Kier alpha value is -2.17. The molecule has 5 heteroatoms. The Labute approximate surface area is 220 Å². The predicted octanol–water partition coefficient (Wildman–Crippen LogP) is 7.85. The molecular weight excluding hydrogens is 450 g/mol. The summed E-state index contributed by atoms with van der Waals surface area (Å²) in [6.07, 6.45) is 14.8. The predicted molar refractivity (Wildman–Crippen MR) is 150 cm³/mol. The fourth-order valence-electron chi connectivity index (χ4n) is 4.15. The number of ether oxygens (including phenoxy) is 2. The Kier molecular flexibility index (Phi) is 17.7. The van der Waals surface area contributed by atoms with Crippen molar-refractivity contribution in [2.75, 3.05) is 13.2 Å². The number of hydrogen-bond acceptors (Lipinski definition) is 5. The zero-order valence-electron chi connectivity index (χ0n) is 23.6. The molecule has 204 valence electrons. The molecule has 1 aromatic carbocycles. The van der Waals surface area contributed by atoms with Gasteiger partial charge < -0.3 is 9.47 Å². The third kappa shape index (κ3) is 15.1. The Balaban J connectivity index is 2.45. The first-order chi connectivity index (χ1) is 17.4.